The first-order chi connectivity index (χ1) is 13.8. The van der Waals surface area contributed by atoms with Crippen molar-refractivity contribution in [2.45, 2.75) is 38.6 Å². The molecule has 1 aliphatic carbocycles. The van der Waals surface area contributed by atoms with Crippen LogP contribution in [0.5, 0.6) is 0 Å². The van der Waals surface area contributed by atoms with Crippen LogP contribution >= 0.6 is 23.8 Å². The number of aromatic nitrogens is 1. The molecular formula is C23H30ClN3OS. The molecular weight excluding hydrogens is 402 g/mol. The zero-order chi connectivity index (χ0) is 21.0. The van der Waals surface area contributed by atoms with Gasteiger partial charge in [-0.1, -0.05) is 36.0 Å². The van der Waals surface area contributed by atoms with Crippen molar-refractivity contribution in [3.05, 3.63) is 62.9 Å². The van der Waals surface area contributed by atoms with E-state index in [2.05, 4.69) is 41.4 Å². The average molecular weight is 432 g/mol. The number of pyridine rings is 1. The molecule has 1 amide bonds. The molecule has 2 aromatic rings. The molecule has 6 heteroatoms. The van der Waals surface area contributed by atoms with Gasteiger partial charge in [-0.3, -0.25) is 4.79 Å². The maximum Gasteiger partial charge on any atom is 0.253 e. The summed E-state index contributed by atoms with van der Waals surface area (Å²) >= 11 is 11.2. The smallest absolute Gasteiger partial charge is 0.253 e. The van der Waals surface area contributed by atoms with Crippen molar-refractivity contribution >= 4 is 29.7 Å². The first kappa shape index (κ1) is 22.0. The fourth-order valence-corrected chi connectivity index (χ4v) is 4.86. The van der Waals surface area contributed by atoms with E-state index in [0.29, 0.717) is 28.1 Å². The van der Waals surface area contributed by atoms with E-state index >= 15 is 0 Å². The molecule has 0 bridgehead atoms. The lowest BCUT2D eigenvalue weighted by molar-refractivity contribution is 0.0933. The molecule has 156 valence electrons. The molecule has 2 N–H and O–H groups in total. The van der Waals surface area contributed by atoms with E-state index in [4.69, 9.17) is 23.8 Å². The topological polar surface area (TPSA) is 48.1 Å². The first-order valence-corrected chi connectivity index (χ1v) is 11.0. The zero-order valence-electron chi connectivity index (χ0n) is 17.4. The molecule has 1 aliphatic rings. The maximum atomic E-state index is 12.5. The van der Waals surface area contributed by atoms with Gasteiger partial charge in [-0.25, -0.2) is 0 Å². The molecule has 1 aromatic carbocycles. The number of amides is 1. The largest absolute Gasteiger partial charge is 0.352 e. The van der Waals surface area contributed by atoms with Gasteiger partial charge in [0.05, 0.1) is 5.56 Å². The second kappa shape index (κ2) is 9.88. The highest BCUT2D eigenvalue weighted by Crippen LogP contribution is 2.39. The third-order valence-corrected chi connectivity index (χ3v) is 6.51. The van der Waals surface area contributed by atoms with Crippen molar-refractivity contribution in [1.82, 2.24) is 15.2 Å². The minimum atomic E-state index is -0.0248. The highest BCUT2D eigenvalue weighted by molar-refractivity contribution is 7.71. The number of H-pyrrole nitrogens is 1. The second-order valence-electron chi connectivity index (χ2n) is 8.31. The van der Waals surface area contributed by atoms with Gasteiger partial charge in [0.1, 0.15) is 4.64 Å². The first-order valence-electron chi connectivity index (χ1n) is 10.2. The van der Waals surface area contributed by atoms with Crippen LogP contribution in [-0.4, -0.2) is 36.4 Å². The fourth-order valence-electron chi connectivity index (χ4n) is 4.52. The van der Waals surface area contributed by atoms with E-state index < -0.39 is 0 Å². The fraction of sp³-hybridized carbons (Fsp3) is 0.478. The number of nitrogens with one attached hydrogen (secondary N) is 2. The summed E-state index contributed by atoms with van der Waals surface area (Å²) in [6, 6.07) is 12.2. The van der Waals surface area contributed by atoms with Gasteiger partial charge in [0.25, 0.3) is 5.91 Å². The molecule has 0 aliphatic heterocycles. The van der Waals surface area contributed by atoms with Crippen molar-refractivity contribution in [1.29, 1.82) is 0 Å². The van der Waals surface area contributed by atoms with E-state index in [1.165, 1.54) is 18.4 Å². The molecule has 1 heterocycles. The average Bonchev–Trinajstić information content (AvgIpc) is 2.68. The second-order valence-corrected chi connectivity index (χ2v) is 9.19. The maximum absolute atomic E-state index is 12.5. The molecule has 1 fully saturated rings. The molecule has 1 unspecified atom stereocenters. The number of aryl methyl sites for hydroxylation is 1. The number of nitrogens with zero attached hydrogens (tertiary/aromatic N) is 1. The molecule has 1 atom stereocenters. The van der Waals surface area contributed by atoms with Crippen LogP contribution < -0.4 is 5.32 Å². The van der Waals surface area contributed by atoms with Crippen molar-refractivity contribution in [3.8, 4) is 0 Å². The van der Waals surface area contributed by atoms with Crippen molar-refractivity contribution in [2.75, 3.05) is 20.6 Å². The van der Waals surface area contributed by atoms with Gasteiger partial charge in [-0.05, 0) is 88.4 Å². The molecule has 0 spiro atoms. The van der Waals surface area contributed by atoms with Gasteiger partial charge in [-0.2, -0.15) is 0 Å². The number of carbonyl (C=O) groups is 1. The van der Waals surface area contributed by atoms with E-state index in [1.807, 2.05) is 19.1 Å². The van der Waals surface area contributed by atoms with Crippen LogP contribution in [0.25, 0.3) is 0 Å². The van der Waals surface area contributed by atoms with Gasteiger partial charge in [0.2, 0.25) is 0 Å². The Morgan fingerprint density at radius 2 is 1.83 bits per heavy atom. The third-order valence-electron chi connectivity index (χ3n) is 6.02. The Morgan fingerprint density at radius 1 is 1.17 bits per heavy atom. The molecule has 4 nitrogen and oxygen atoms in total. The highest BCUT2D eigenvalue weighted by atomic mass is 35.5. The van der Waals surface area contributed by atoms with Crippen LogP contribution in [0.3, 0.4) is 0 Å². The number of benzene rings is 1. The van der Waals surface area contributed by atoms with E-state index in [9.17, 15) is 4.79 Å². The summed E-state index contributed by atoms with van der Waals surface area (Å²) in [7, 11) is 4.30. The quantitative estimate of drug-likeness (QED) is 0.590. The summed E-state index contributed by atoms with van der Waals surface area (Å²) < 4.78 is 0.647. The number of rotatable bonds is 6. The highest BCUT2D eigenvalue weighted by Gasteiger charge is 2.30. The van der Waals surface area contributed by atoms with Gasteiger partial charge < -0.3 is 15.2 Å². The normalized spacial score (nSPS) is 20.4. The Labute approximate surface area is 183 Å². The van der Waals surface area contributed by atoms with Crippen LogP contribution in [0.1, 0.15) is 53.3 Å². The number of halogens is 1. The predicted octanol–water partition coefficient (Wildman–Crippen LogP) is 5.55. The molecule has 3 rings (SSSR count). The summed E-state index contributed by atoms with van der Waals surface area (Å²) in [6.45, 7) is 2.61. The van der Waals surface area contributed by atoms with Crippen LogP contribution in [0.15, 0.2) is 36.4 Å². The summed E-state index contributed by atoms with van der Waals surface area (Å²) in [5.41, 5.74) is 2.81. The van der Waals surface area contributed by atoms with Gasteiger partial charge in [-0.15, -0.1) is 0 Å². The van der Waals surface area contributed by atoms with E-state index in [0.717, 1.165) is 30.1 Å². The Kier molecular flexibility index (Phi) is 7.49. The monoisotopic (exact) mass is 431 g/mol. The van der Waals surface area contributed by atoms with Crippen LogP contribution in [-0.2, 0) is 0 Å². The number of hydrogen-bond acceptors (Lipinski definition) is 3. The molecule has 1 aromatic heterocycles. The summed E-state index contributed by atoms with van der Waals surface area (Å²) in [4.78, 5) is 17.9. The molecule has 29 heavy (non-hydrogen) atoms. The predicted molar refractivity (Wildman–Crippen MR) is 122 cm³/mol. The Morgan fingerprint density at radius 3 is 2.41 bits per heavy atom. The standard InChI is InChI=1S/C23H30ClN3OS/c1-15-20(12-13-21(29)26-15)23(28)25-14-16-4-6-17(7-5-16)22(27(2)3)18-8-10-19(24)11-9-18/h8-13,16-17,22H,4-7,14H2,1-3H3,(H,25,28)(H,26,29). The number of carbonyl (C=O) groups excluding carboxylic acids is 1. The van der Waals surface area contributed by atoms with Gasteiger partial charge in [0, 0.05) is 23.3 Å². The minimum Gasteiger partial charge on any atom is -0.352 e. The number of aromatic amines is 1. The van der Waals surface area contributed by atoms with Crippen LogP contribution in [0.4, 0.5) is 0 Å². The minimum absolute atomic E-state index is 0.0248. The van der Waals surface area contributed by atoms with Crippen molar-refractivity contribution in [3.63, 3.8) is 0 Å². The lowest BCUT2D eigenvalue weighted by Crippen LogP contribution is -2.34. The lowest BCUT2D eigenvalue weighted by atomic mass is 9.76. The summed E-state index contributed by atoms with van der Waals surface area (Å²) in [6.07, 6.45) is 4.62. The SMILES string of the molecule is Cc1[nH]c(=S)ccc1C(=O)NCC1CCC(C(c2ccc(Cl)cc2)N(C)C)CC1. The molecule has 0 radical (unpaired) electrons. The Balaban J connectivity index is 1.54. The van der Waals surface area contributed by atoms with Crippen molar-refractivity contribution in [2.24, 2.45) is 11.8 Å². The van der Waals surface area contributed by atoms with E-state index in [-0.39, 0.29) is 5.91 Å². The van der Waals surface area contributed by atoms with E-state index in [1.54, 1.807) is 12.1 Å². The van der Waals surface area contributed by atoms with Crippen LogP contribution in [0.2, 0.25) is 5.02 Å². The molecule has 0 saturated heterocycles. The number of hydrogen-bond donors (Lipinski definition) is 2. The van der Waals surface area contributed by atoms with Gasteiger partial charge >= 0.3 is 0 Å². The Hall–Kier alpha value is -1.69. The lowest BCUT2D eigenvalue weighted by Gasteiger charge is -2.37. The molecule has 1 saturated carbocycles. The Bertz CT molecular complexity index is 886. The van der Waals surface area contributed by atoms with Crippen LogP contribution in [0, 0.1) is 23.4 Å². The summed E-state index contributed by atoms with van der Waals surface area (Å²) in [5, 5.41) is 3.89. The third kappa shape index (κ3) is 5.68. The zero-order valence-corrected chi connectivity index (χ0v) is 18.9. The summed E-state index contributed by atoms with van der Waals surface area (Å²) in [5.74, 6) is 1.13. The van der Waals surface area contributed by atoms with Gasteiger partial charge in [0.15, 0.2) is 0 Å². The van der Waals surface area contributed by atoms with Crippen molar-refractivity contribution < 1.29 is 4.79 Å².